The van der Waals surface area contributed by atoms with Crippen molar-refractivity contribution in [1.29, 1.82) is 0 Å². The number of urea groups is 1. The van der Waals surface area contributed by atoms with Crippen LogP contribution in [0.1, 0.15) is 27.0 Å². The summed E-state index contributed by atoms with van der Waals surface area (Å²) in [5.41, 5.74) is 6.05. The molecule has 226 valence electrons. The van der Waals surface area contributed by atoms with Crippen LogP contribution in [-0.4, -0.2) is 42.5 Å². The zero-order chi connectivity index (χ0) is 31.6. The highest BCUT2D eigenvalue weighted by molar-refractivity contribution is 6.12. The van der Waals surface area contributed by atoms with Crippen LogP contribution in [0.5, 0.6) is 0 Å². The van der Waals surface area contributed by atoms with Gasteiger partial charge >= 0.3 is 12.0 Å². The molecule has 2 amide bonds. The molecule has 0 saturated heterocycles. The van der Waals surface area contributed by atoms with Gasteiger partial charge < -0.3 is 15.7 Å². The predicted octanol–water partition coefficient (Wildman–Crippen LogP) is 7.08. The number of nitrogens with one attached hydrogen (secondary N) is 2. The minimum absolute atomic E-state index is 0.176. The number of carboxylic acids is 1. The van der Waals surface area contributed by atoms with Gasteiger partial charge in [-0.15, -0.1) is 0 Å². The van der Waals surface area contributed by atoms with E-state index in [1.807, 2.05) is 84.9 Å². The third-order valence-corrected chi connectivity index (χ3v) is 7.63. The number of carboxylic acid groups (broad SMARTS) is 1. The third kappa shape index (κ3) is 8.03. The Hall–Kier alpha value is -5.69. The first-order valence-electron chi connectivity index (χ1n) is 14.8. The average molecular weight is 598 g/mol. The molecule has 0 aliphatic carbocycles. The van der Waals surface area contributed by atoms with E-state index < -0.39 is 12.0 Å². The van der Waals surface area contributed by atoms with E-state index in [1.54, 1.807) is 60.5 Å². The molecule has 0 bridgehead atoms. The van der Waals surface area contributed by atoms with Crippen molar-refractivity contribution in [2.45, 2.75) is 18.9 Å². The number of anilines is 2. The number of amides is 2. The van der Waals surface area contributed by atoms with Crippen molar-refractivity contribution in [3.63, 3.8) is 0 Å². The zero-order valence-electron chi connectivity index (χ0n) is 25.0. The van der Waals surface area contributed by atoms with E-state index in [0.717, 1.165) is 28.8 Å². The predicted molar refractivity (Wildman–Crippen MR) is 179 cm³/mol. The number of ketones is 1. The summed E-state index contributed by atoms with van der Waals surface area (Å²) >= 11 is 0. The van der Waals surface area contributed by atoms with Crippen molar-refractivity contribution in [2.75, 3.05) is 23.8 Å². The van der Waals surface area contributed by atoms with Gasteiger partial charge in [0.1, 0.15) is 6.04 Å². The van der Waals surface area contributed by atoms with Crippen LogP contribution >= 0.6 is 0 Å². The molecule has 0 saturated carbocycles. The van der Waals surface area contributed by atoms with Gasteiger partial charge in [0.05, 0.1) is 0 Å². The number of nitrogens with zero attached hydrogens (tertiary/aromatic N) is 1. The summed E-state index contributed by atoms with van der Waals surface area (Å²) in [4.78, 5) is 39.8. The lowest BCUT2D eigenvalue weighted by molar-refractivity contribution is -0.137. The highest BCUT2D eigenvalue weighted by Crippen LogP contribution is 2.26. The first-order valence-corrected chi connectivity index (χ1v) is 14.8. The van der Waals surface area contributed by atoms with E-state index in [1.165, 1.54) is 5.56 Å². The second kappa shape index (κ2) is 14.7. The molecule has 0 fully saturated rings. The van der Waals surface area contributed by atoms with Gasteiger partial charge in [-0.25, -0.2) is 9.59 Å². The summed E-state index contributed by atoms with van der Waals surface area (Å²) < 4.78 is 0. The molecule has 5 aromatic rings. The molecule has 7 nitrogen and oxygen atoms in total. The van der Waals surface area contributed by atoms with Gasteiger partial charge in [-0.05, 0) is 52.9 Å². The molecule has 5 aromatic carbocycles. The molecule has 7 heteroatoms. The molecule has 0 aliphatic rings. The van der Waals surface area contributed by atoms with Gasteiger partial charge in [-0.2, -0.15) is 0 Å². The van der Waals surface area contributed by atoms with E-state index >= 15 is 0 Å². The normalized spacial score (nSPS) is 11.3. The van der Waals surface area contributed by atoms with E-state index in [2.05, 4.69) is 10.6 Å². The van der Waals surface area contributed by atoms with E-state index in [0.29, 0.717) is 23.4 Å². The molecule has 0 aliphatic heterocycles. The molecule has 0 aromatic heterocycles. The second-order valence-corrected chi connectivity index (χ2v) is 10.8. The summed E-state index contributed by atoms with van der Waals surface area (Å²) in [5, 5.41) is 16.1. The molecule has 1 atom stereocenters. The topological polar surface area (TPSA) is 98.7 Å². The number of para-hydroxylation sites is 1. The van der Waals surface area contributed by atoms with Crippen LogP contribution in [0.3, 0.4) is 0 Å². The summed E-state index contributed by atoms with van der Waals surface area (Å²) in [6.07, 6.45) is 0.971. The van der Waals surface area contributed by atoms with Crippen LogP contribution in [-0.2, 0) is 17.6 Å². The molecular formula is C38H35N3O4. The first-order chi connectivity index (χ1) is 21.9. The van der Waals surface area contributed by atoms with E-state index in [9.17, 15) is 19.5 Å². The standard InChI is InChI=1S/C38H35N3O4/c1-41(38(45)39-24-23-27-11-4-2-5-12-27)32-16-10-15-31(26-32)29-21-19-28(20-22-29)25-35(37(43)44)40-34-18-9-8-17-33(34)36(42)30-13-6-3-7-14-30/h2-22,26,35,40H,23-25H2,1H3,(H,39,45)(H,43,44)/t35-/m0/s1. The highest BCUT2D eigenvalue weighted by Gasteiger charge is 2.21. The Labute approximate surface area is 263 Å². The maximum atomic E-state index is 13.1. The number of hydrogen-bond acceptors (Lipinski definition) is 4. The molecule has 0 unspecified atom stereocenters. The van der Waals surface area contributed by atoms with E-state index in [-0.39, 0.29) is 18.2 Å². The van der Waals surface area contributed by atoms with Crippen LogP contribution in [0.15, 0.2) is 133 Å². The molecule has 0 radical (unpaired) electrons. The number of benzene rings is 5. The molecule has 0 spiro atoms. The minimum atomic E-state index is -1.01. The van der Waals surface area contributed by atoms with Gasteiger partial charge in [-0.3, -0.25) is 9.69 Å². The minimum Gasteiger partial charge on any atom is -0.480 e. The number of hydrogen-bond donors (Lipinski definition) is 3. The average Bonchev–Trinajstić information content (AvgIpc) is 3.08. The Balaban J connectivity index is 1.24. The van der Waals surface area contributed by atoms with Gasteiger partial charge in [0.25, 0.3) is 0 Å². The summed E-state index contributed by atoms with van der Waals surface area (Å²) in [6, 6.07) is 40.2. The highest BCUT2D eigenvalue weighted by atomic mass is 16.4. The third-order valence-electron chi connectivity index (χ3n) is 7.63. The largest absolute Gasteiger partial charge is 0.480 e. The summed E-state index contributed by atoms with van der Waals surface area (Å²) in [6.45, 7) is 0.537. The monoisotopic (exact) mass is 597 g/mol. The van der Waals surface area contributed by atoms with Crippen molar-refractivity contribution in [2.24, 2.45) is 0 Å². The molecular weight excluding hydrogens is 562 g/mol. The molecule has 45 heavy (non-hydrogen) atoms. The summed E-state index contributed by atoms with van der Waals surface area (Å²) in [5.74, 6) is -1.19. The second-order valence-electron chi connectivity index (χ2n) is 10.8. The molecule has 3 N–H and O–H groups in total. The maximum Gasteiger partial charge on any atom is 0.326 e. The number of rotatable bonds is 12. The lowest BCUT2D eigenvalue weighted by Gasteiger charge is -2.19. The first kappa shape index (κ1) is 30.8. The van der Waals surface area contributed by atoms with Crippen molar-refractivity contribution in [3.05, 3.63) is 156 Å². The van der Waals surface area contributed by atoms with Gasteiger partial charge in [-0.1, -0.05) is 109 Å². The SMILES string of the molecule is CN(C(=O)NCCc1ccccc1)c1cccc(-c2ccc(C[C@H](Nc3ccccc3C(=O)c3ccccc3)C(=O)O)cc2)c1. The lowest BCUT2D eigenvalue weighted by atomic mass is 9.98. The Bertz CT molecular complexity index is 1760. The van der Waals surface area contributed by atoms with E-state index in [4.69, 9.17) is 0 Å². The van der Waals surface area contributed by atoms with Crippen LogP contribution in [0.4, 0.5) is 16.2 Å². The summed E-state index contributed by atoms with van der Waals surface area (Å²) in [7, 11) is 1.74. The van der Waals surface area contributed by atoms with Crippen molar-refractivity contribution in [3.8, 4) is 11.1 Å². The number of carbonyl (C=O) groups is 3. The maximum absolute atomic E-state index is 13.1. The van der Waals surface area contributed by atoms with Crippen molar-refractivity contribution < 1.29 is 19.5 Å². The Morgan fingerprint density at radius 3 is 2.09 bits per heavy atom. The van der Waals surface area contributed by atoms with Crippen molar-refractivity contribution in [1.82, 2.24) is 5.32 Å². The van der Waals surface area contributed by atoms with Gasteiger partial charge in [0, 0.05) is 42.5 Å². The smallest absolute Gasteiger partial charge is 0.326 e. The number of carbonyl (C=O) groups excluding carboxylic acids is 2. The zero-order valence-corrected chi connectivity index (χ0v) is 25.0. The quantitative estimate of drug-likeness (QED) is 0.134. The van der Waals surface area contributed by atoms with Crippen molar-refractivity contribution >= 4 is 29.2 Å². The Morgan fingerprint density at radius 2 is 1.38 bits per heavy atom. The Morgan fingerprint density at radius 1 is 0.711 bits per heavy atom. The lowest BCUT2D eigenvalue weighted by Crippen LogP contribution is -2.38. The van der Waals surface area contributed by atoms with Crippen LogP contribution in [0, 0.1) is 0 Å². The van der Waals surface area contributed by atoms with Gasteiger partial charge in [0.2, 0.25) is 0 Å². The van der Waals surface area contributed by atoms with Crippen LogP contribution in [0.2, 0.25) is 0 Å². The van der Waals surface area contributed by atoms with Crippen LogP contribution in [0.25, 0.3) is 11.1 Å². The fourth-order valence-electron chi connectivity index (χ4n) is 5.10. The fourth-order valence-corrected chi connectivity index (χ4v) is 5.10. The fraction of sp³-hybridized carbons (Fsp3) is 0.132. The molecule has 0 heterocycles. The van der Waals surface area contributed by atoms with Gasteiger partial charge in [0.15, 0.2) is 5.78 Å². The molecule has 5 rings (SSSR count). The number of aliphatic carboxylic acids is 1. The Kier molecular flexibility index (Phi) is 10.0. The van der Waals surface area contributed by atoms with Crippen LogP contribution < -0.4 is 15.5 Å².